The van der Waals surface area contributed by atoms with Crippen LogP contribution in [0.15, 0.2) is 66.7 Å². The highest BCUT2D eigenvalue weighted by Gasteiger charge is 2.31. The lowest BCUT2D eigenvalue weighted by molar-refractivity contribution is 0.0386. The summed E-state index contributed by atoms with van der Waals surface area (Å²) in [5, 5.41) is 0.766. The lowest BCUT2D eigenvalue weighted by Gasteiger charge is -2.15. The van der Waals surface area contributed by atoms with E-state index in [1.807, 2.05) is 48.5 Å². The number of rotatable bonds is 2. The fraction of sp³-hybridized carbons (Fsp3) is 0.0500. The van der Waals surface area contributed by atoms with Crippen LogP contribution >= 0.6 is 23.2 Å². The maximum Gasteiger partial charge on any atom is 0.340 e. The van der Waals surface area contributed by atoms with Crippen molar-refractivity contribution in [3.8, 4) is 11.1 Å². The van der Waals surface area contributed by atoms with E-state index in [2.05, 4.69) is 0 Å². The van der Waals surface area contributed by atoms with Gasteiger partial charge >= 0.3 is 5.97 Å². The zero-order valence-electron chi connectivity index (χ0n) is 12.5. The van der Waals surface area contributed by atoms with Gasteiger partial charge in [0.1, 0.15) is 0 Å². The van der Waals surface area contributed by atoms with E-state index in [-0.39, 0.29) is 5.56 Å². The summed E-state index contributed by atoms with van der Waals surface area (Å²) in [4.78, 5) is 12.6. The average molecular weight is 355 g/mol. The van der Waals surface area contributed by atoms with Crippen LogP contribution in [-0.2, 0) is 4.74 Å². The quantitative estimate of drug-likeness (QED) is 0.534. The molecule has 4 rings (SSSR count). The first-order valence-electron chi connectivity index (χ1n) is 7.49. The summed E-state index contributed by atoms with van der Waals surface area (Å²) < 4.78 is 5.80. The standard InChI is InChI=1S/C20H12Cl2O2/c21-12-9-10-18(22)17(11-12)20(23)24-19-15-7-3-1-5-13(15)14-6-2-4-8-16(14)19/h1-11,19H. The van der Waals surface area contributed by atoms with Crippen LogP contribution in [0.1, 0.15) is 27.6 Å². The highest BCUT2D eigenvalue weighted by atomic mass is 35.5. The number of carbonyl (C=O) groups is 1. The van der Waals surface area contributed by atoms with Crippen molar-refractivity contribution < 1.29 is 9.53 Å². The van der Waals surface area contributed by atoms with E-state index < -0.39 is 12.1 Å². The fourth-order valence-electron chi connectivity index (χ4n) is 3.06. The van der Waals surface area contributed by atoms with Crippen LogP contribution in [0.2, 0.25) is 10.0 Å². The molecular formula is C20H12Cl2O2. The van der Waals surface area contributed by atoms with E-state index in [4.69, 9.17) is 27.9 Å². The molecule has 24 heavy (non-hydrogen) atoms. The molecule has 0 saturated carbocycles. The first-order chi connectivity index (χ1) is 11.6. The van der Waals surface area contributed by atoms with Crippen molar-refractivity contribution in [2.24, 2.45) is 0 Å². The van der Waals surface area contributed by atoms with Gasteiger partial charge in [-0.1, -0.05) is 71.7 Å². The van der Waals surface area contributed by atoms with Gasteiger partial charge in [0.15, 0.2) is 6.10 Å². The average Bonchev–Trinajstić information content (AvgIpc) is 2.92. The zero-order valence-corrected chi connectivity index (χ0v) is 14.0. The molecule has 3 aromatic carbocycles. The number of esters is 1. The molecule has 0 atom stereocenters. The number of fused-ring (bicyclic) bond motifs is 3. The van der Waals surface area contributed by atoms with Gasteiger partial charge in [0.05, 0.1) is 10.6 Å². The van der Waals surface area contributed by atoms with Crippen molar-refractivity contribution in [1.82, 2.24) is 0 Å². The molecule has 0 saturated heterocycles. The lowest BCUT2D eigenvalue weighted by Crippen LogP contribution is -2.11. The third-order valence-electron chi connectivity index (χ3n) is 4.15. The first kappa shape index (κ1) is 15.3. The zero-order chi connectivity index (χ0) is 16.7. The van der Waals surface area contributed by atoms with Crippen LogP contribution in [0.3, 0.4) is 0 Å². The van der Waals surface area contributed by atoms with Crippen LogP contribution in [0, 0.1) is 0 Å². The highest BCUT2D eigenvalue weighted by Crippen LogP contribution is 2.45. The summed E-state index contributed by atoms with van der Waals surface area (Å²) in [6.45, 7) is 0. The van der Waals surface area contributed by atoms with Crippen molar-refractivity contribution >= 4 is 29.2 Å². The van der Waals surface area contributed by atoms with Crippen molar-refractivity contribution in [1.29, 1.82) is 0 Å². The van der Waals surface area contributed by atoms with E-state index in [0.717, 1.165) is 22.3 Å². The predicted molar refractivity (Wildman–Crippen MR) is 95.6 cm³/mol. The second-order valence-corrected chi connectivity index (χ2v) is 6.43. The Labute approximate surface area is 149 Å². The number of hydrogen-bond acceptors (Lipinski definition) is 2. The Hall–Kier alpha value is -2.29. The molecule has 3 aromatic rings. The Bertz CT molecular complexity index is 904. The van der Waals surface area contributed by atoms with Gasteiger partial charge in [-0.05, 0) is 29.3 Å². The summed E-state index contributed by atoms with van der Waals surface area (Å²) >= 11 is 12.1. The second-order valence-electron chi connectivity index (χ2n) is 5.58. The summed E-state index contributed by atoms with van der Waals surface area (Å²) in [5.74, 6) is -0.487. The molecule has 0 aromatic heterocycles. The largest absolute Gasteiger partial charge is 0.449 e. The molecule has 0 unspecified atom stereocenters. The number of carbonyl (C=O) groups excluding carboxylic acids is 1. The molecule has 2 nitrogen and oxygen atoms in total. The van der Waals surface area contributed by atoms with Crippen molar-refractivity contribution in [2.75, 3.05) is 0 Å². The van der Waals surface area contributed by atoms with Crippen molar-refractivity contribution in [2.45, 2.75) is 6.10 Å². The van der Waals surface area contributed by atoms with Gasteiger partial charge in [0.25, 0.3) is 0 Å². The van der Waals surface area contributed by atoms with Crippen LogP contribution < -0.4 is 0 Å². The Balaban J connectivity index is 1.75. The molecule has 0 fully saturated rings. The van der Waals surface area contributed by atoms with E-state index in [0.29, 0.717) is 10.0 Å². The summed E-state index contributed by atoms with van der Waals surface area (Å²) in [6, 6.07) is 20.6. The molecule has 0 spiro atoms. The van der Waals surface area contributed by atoms with Gasteiger partial charge in [-0.25, -0.2) is 4.79 Å². The molecule has 1 aliphatic rings. The topological polar surface area (TPSA) is 26.3 Å². The summed E-state index contributed by atoms with van der Waals surface area (Å²) in [6.07, 6.45) is -0.444. The Morgan fingerprint density at radius 1 is 0.833 bits per heavy atom. The molecule has 0 amide bonds. The number of halogens is 2. The second kappa shape index (κ2) is 5.97. The van der Waals surface area contributed by atoms with E-state index in [1.54, 1.807) is 12.1 Å². The van der Waals surface area contributed by atoms with Crippen LogP contribution in [0.4, 0.5) is 0 Å². The summed E-state index contributed by atoms with van der Waals surface area (Å²) in [5.41, 5.74) is 4.40. The molecule has 0 N–H and O–H groups in total. The Morgan fingerprint density at radius 2 is 1.42 bits per heavy atom. The number of benzene rings is 3. The first-order valence-corrected chi connectivity index (χ1v) is 8.25. The monoisotopic (exact) mass is 354 g/mol. The molecule has 1 aliphatic carbocycles. The van der Waals surface area contributed by atoms with Crippen LogP contribution in [-0.4, -0.2) is 5.97 Å². The van der Waals surface area contributed by atoms with Crippen LogP contribution in [0.25, 0.3) is 11.1 Å². The van der Waals surface area contributed by atoms with E-state index in [9.17, 15) is 4.79 Å². The minimum Gasteiger partial charge on any atom is -0.449 e. The van der Waals surface area contributed by atoms with Crippen molar-refractivity contribution in [3.05, 3.63) is 93.5 Å². The molecule has 0 heterocycles. The van der Waals surface area contributed by atoms with Gasteiger partial charge in [0, 0.05) is 16.1 Å². The minimum atomic E-state index is -0.487. The van der Waals surface area contributed by atoms with E-state index in [1.165, 1.54) is 6.07 Å². The summed E-state index contributed by atoms with van der Waals surface area (Å²) in [7, 11) is 0. The van der Waals surface area contributed by atoms with Gasteiger partial charge in [0.2, 0.25) is 0 Å². The molecule has 0 radical (unpaired) electrons. The SMILES string of the molecule is O=C(OC1c2ccccc2-c2ccccc21)c1cc(Cl)ccc1Cl. The van der Waals surface area contributed by atoms with Crippen LogP contribution in [0.5, 0.6) is 0 Å². The lowest BCUT2D eigenvalue weighted by atomic mass is 10.1. The third kappa shape index (κ3) is 2.48. The van der Waals surface area contributed by atoms with Gasteiger partial charge in [-0.3, -0.25) is 0 Å². The third-order valence-corrected chi connectivity index (χ3v) is 4.71. The molecule has 4 heteroatoms. The molecule has 0 aliphatic heterocycles. The normalized spacial score (nSPS) is 12.6. The Morgan fingerprint density at radius 3 is 2.04 bits per heavy atom. The maximum absolute atomic E-state index is 12.6. The molecular weight excluding hydrogens is 343 g/mol. The minimum absolute atomic E-state index is 0.269. The smallest absolute Gasteiger partial charge is 0.340 e. The molecule has 118 valence electrons. The van der Waals surface area contributed by atoms with Gasteiger partial charge < -0.3 is 4.74 Å². The Kier molecular flexibility index (Phi) is 3.79. The van der Waals surface area contributed by atoms with Gasteiger partial charge in [-0.15, -0.1) is 0 Å². The maximum atomic E-state index is 12.6. The fourth-order valence-corrected chi connectivity index (χ4v) is 3.43. The predicted octanol–water partition coefficient (Wildman–Crippen LogP) is 5.92. The van der Waals surface area contributed by atoms with Crippen molar-refractivity contribution in [3.63, 3.8) is 0 Å². The molecule has 0 bridgehead atoms. The highest BCUT2D eigenvalue weighted by molar-refractivity contribution is 6.35. The number of hydrogen-bond donors (Lipinski definition) is 0. The van der Waals surface area contributed by atoms with Gasteiger partial charge in [-0.2, -0.15) is 0 Å². The number of ether oxygens (including phenoxy) is 1. The van der Waals surface area contributed by atoms with E-state index >= 15 is 0 Å².